The summed E-state index contributed by atoms with van der Waals surface area (Å²) in [5.41, 5.74) is 2.34. The van der Waals surface area contributed by atoms with Crippen LogP contribution in [0.25, 0.3) is 0 Å². The Labute approximate surface area is 181 Å². The van der Waals surface area contributed by atoms with Gasteiger partial charge in [-0.25, -0.2) is 4.79 Å². The van der Waals surface area contributed by atoms with Gasteiger partial charge in [0.1, 0.15) is 5.54 Å². The van der Waals surface area contributed by atoms with Crippen LogP contribution < -0.4 is 0 Å². The van der Waals surface area contributed by atoms with Gasteiger partial charge in [-0.1, -0.05) is 38.1 Å². The first-order valence-corrected chi connectivity index (χ1v) is 11.8. The molecule has 0 N–H and O–H groups in total. The number of carbonyl (C=O) groups is 2. The summed E-state index contributed by atoms with van der Waals surface area (Å²) in [6.07, 6.45) is 5.89. The number of nitrogens with zero attached hydrogens (tertiary/aromatic N) is 3. The van der Waals surface area contributed by atoms with E-state index in [0.29, 0.717) is 18.5 Å². The molecule has 1 aliphatic carbocycles. The maximum absolute atomic E-state index is 13.5. The van der Waals surface area contributed by atoms with Gasteiger partial charge in [-0.15, -0.1) is 0 Å². The SMILES string of the molecule is CC(C)CCN1C(=O)N(C(C)C)C(=O)C12CCN(C1CCc3ccccc3C1)CC2. The summed E-state index contributed by atoms with van der Waals surface area (Å²) in [5, 5.41) is 0. The number of fused-ring (bicyclic) bond motifs is 1. The minimum atomic E-state index is -0.626. The van der Waals surface area contributed by atoms with Crippen molar-refractivity contribution in [2.24, 2.45) is 5.92 Å². The van der Waals surface area contributed by atoms with E-state index < -0.39 is 5.54 Å². The topological polar surface area (TPSA) is 43.9 Å². The predicted octanol–water partition coefficient (Wildman–Crippen LogP) is 4.10. The fraction of sp³-hybridized carbons (Fsp3) is 0.680. The summed E-state index contributed by atoms with van der Waals surface area (Å²) in [4.78, 5) is 32.7. The number of hydrogen-bond acceptors (Lipinski definition) is 3. The number of carbonyl (C=O) groups excluding carboxylic acids is 2. The first-order valence-electron chi connectivity index (χ1n) is 11.8. The molecule has 30 heavy (non-hydrogen) atoms. The molecule has 1 spiro atoms. The Bertz CT molecular complexity index is 795. The van der Waals surface area contributed by atoms with Crippen LogP contribution in [0.15, 0.2) is 24.3 Å². The Hall–Kier alpha value is -1.88. The molecule has 5 heteroatoms. The average Bonchev–Trinajstić information content (AvgIpc) is 2.92. The maximum atomic E-state index is 13.5. The molecule has 0 saturated carbocycles. The Morgan fingerprint density at radius 2 is 1.70 bits per heavy atom. The summed E-state index contributed by atoms with van der Waals surface area (Å²) in [6, 6.07) is 9.19. The van der Waals surface area contributed by atoms with Gasteiger partial charge in [0.2, 0.25) is 0 Å². The van der Waals surface area contributed by atoms with Gasteiger partial charge < -0.3 is 4.90 Å². The number of aryl methyl sites for hydroxylation is 1. The highest BCUT2D eigenvalue weighted by molar-refractivity contribution is 6.07. The van der Waals surface area contributed by atoms with E-state index in [9.17, 15) is 9.59 Å². The normalized spacial score (nSPS) is 24.4. The molecule has 164 valence electrons. The lowest BCUT2D eigenvalue weighted by atomic mass is 9.82. The van der Waals surface area contributed by atoms with Crippen molar-refractivity contribution in [2.45, 2.75) is 83.8 Å². The molecule has 2 aliphatic heterocycles. The molecule has 1 atom stereocenters. The quantitative estimate of drug-likeness (QED) is 0.685. The Kier molecular flexibility index (Phi) is 5.93. The zero-order valence-corrected chi connectivity index (χ0v) is 19.1. The van der Waals surface area contributed by atoms with Crippen molar-refractivity contribution in [2.75, 3.05) is 19.6 Å². The first-order chi connectivity index (χ1) is 14.3. The molecule has 0 bridgehead atoms. The number of imide groups is 1. The van der Waals surface area contributed by atoms with Crippen LogP contribution in [0, 0.1) is 5.92 Å². The number of rotatable bonds is 5. The molecule has 2 fully saturated rings. The summed E-state index contributed by atoms with van der Waals surface area (Å²) >= 11 is 0. The lowest BCUT2D eigenvalue weighted by Gasteiger charge is -2.45. The van der Waals surface area contributed by atoms with E-state index >= 15 is 0 Å². The molecular weight excluding hydrogens is 374 g/mol. The molecular formula is C25H37N3O2. The van der Waals surface area contributed by atoms with E-state index in [1.54, 1.807) is 0 Å². The van der Waals surface area contributed by atoms with Gasteiger partial charge in [0.05, 0.1) is 0 Å². The van der Waals surface area contributed by atoms with Crippen molar-refractivity contribution in [1.82, 2.24) is 14.7 Å². The van der Waals surface area contributed by atoms with E-state index in [-0.39, 0.29) is 18.0 Å². The van der Waals surface area contributed by atoms with Crippen molar-refractivity contribution >= 4 is 11.9 Å². The van der Waals surface area contributed by atoms with Gasteiger partial charge in [0, 0.05) is 31.7 Å². The zero-order chi connectivity index (χ0) is 21.5. The molecule has 3 aliphatic rings. The second-order valence-electron chi connectivity index (χ2n) is 10.1. The van der Waals surface area contributed by atoms with E-state index in [1.165, 1.54) is 22.4 Å². The molecule has 2 saturated heterocycles. The van der Waals surface area contributed by atoms with Crippen molar-refractivity contribution in [3.8, 4) is 0 Å². The molecule has 0 aromatic heterocycles. The van der Waals surface area contributed by atoms with Gasteiger partial charge in [-0.2, -0.15) is 0 Å². The fourth-order valence-corrected chi connectivity index (χ4v) is 5.63. The zero-order valence-electron chi connectivity index (χ0n) is 19.1. The number of amides is 3. The summed E-state index contributed by atoms with van der Waals surface area (Å²) < 4.78 is 0. The van der Waals surface area contributed by atoms with E-state index in [2.05, 4.69) is 43.0 Å². The lowest BCUT2D eigenvalue weighted by molar-refractivity contribution is -0.137. The second-order valence-corrected chi connectivity index (χ2v) is 10.1. The van der Waals surface area contributed by atoms with E-state index in [1.807, 2.05) is 18.7 Å². The van der Waals surface area contributed by atoms with Crippen molar-refractivity contribution in [3.05, 3.63) is 35.4 Å². The van der Waals surface area contributed by atoms with Crippen LogP contribution in [-0.2, 0) is 17.6 Å². The Morgan fingerprint density at radius 1 is 1.03 bits per heavy atom. The summed E-state index contributed by atoms with van der Waals surface area (Å²) in [7, 11) is 0. The number of hydrogen-bond donors (Lipinski definition) is 0. The van der Waals surface area contributed by atoms with Gasteiger partial charge in [-0.05, 0) is 69.4 Å². The van der Waals surface area contributed by atoms with Crippen molar-refractivity contribution < 1.29 is 9.59 Å². The maximum Gasteiger partial charge on any atom is 0.327 e. The molecule has 3 amide bonds. The third-order valence-corrected chi connectivity index (χ3v) is 7.48. The molecule has 1 aromatic carbocycles. The molecule has 1 aromatic rings. The van der Waals surface area contributed by atoms with Crippen LogP contribution >= 0.6 is 0 Å². The van der Waals surface area contributed by atoms with Crippen LogP contribution in [0.2, 0.25) is 0 Å². The third kappa shape index (κ3) is 3.66. The molecule has 4 rings (SSSR count). The van der Waals surface area contributed by atoms with E-state index in [0.717, 1.165) is 45.2 Å². The monoisotopic (exact) mass is 411 g/mol. The van der Waals surface area contributed by atoms with Crippen LogP contribution in [-0.4, -0.2) is 63.9 Å². The van der Waals surface area contributed by atoms with E-state index in [4.69, 9.17) is 0 Å². The van der Waals surface area contributed by atoms with Crippen molar-refractivity contribution in [1.29, 1.82) is 0 Å². The molecule has 2 heterocycles. The van der Waals surface area contributed by atoms with Gasteiger partial charge in [-0.3, -0.25) is 14.6 Å². The number of urea groups is 1. The minimum absolute atomic E-state index is 0.0416. The molecule has 1 unspecified atom stereocenters. The largest absolute Gasteiger partial charge is 0.327 e. The van der Waals surface area contributed by atoms with Crippen LogP contribution in [0.5, 0.6) is 0 Å². The minimum Gasteiger partial charge on any atom is -0.309 e. The standard InChI is InChI=1S/C25H37N3O2/c1-18(2)11-14-27-24(30)28(19(3)4)23(29)25(27)12-15-26(16-13-25)22-10-9-20-7-5-6-8-21(20)17-22/h5-8,18-19,22H,9-17H2,1-4H3. The number of piperidine rings is 1. The van der Waals surface area contributed by atoms with Gasteiger partial charge in [0.15, 0.2) is 0 Å². The molecule has 0 radical (unpaired) electrons. The first kappa shape index (κ1) is 21.4. The van der Waals surface area contributed by atoms with Crippen molar-refractivity contribution in [3.63, 3.8) is 0 Å². The lowest BCUT2D eigenvalue weighted by Crippen LogP contribution is -2.58. The molecule has 5 nitrogen and oxygen atoms in total. The van der Waals surface area contributed by atoms with Gasteiger partial charge >= 0.3 is 6.03 Å². The summed E-state index contributed by atoms with van der Waals surface area (Å²) in [6.45, 7) is 10.7. The summed E-state index contributed by atoms with van der Waals surface area (Å²) in [5.74, 6) is 0.556. The Balaban J connectivity index is 1.49. The van der Waals surface area contributed by atoms with Crippen LogP contribution in [0.4, 0.5) is 4.79 Å². The average molecular weight is 412 g/mol. The number of likely N-dealkylation sites (tertiary alicyclic amines) is 1. The van der Waals surface area contributed by atoms with Crippen LogP contribution in [0.1, 0.15) is 64.5 Å². The highest BCUT2D eigenvalue weighted by Crippen LogP contribution is 2.40. The second kappa shape index (κ2) is 8.33. The smallest absolute Gasteiger partial charge is 0.309 e. The fourth-order valence-electron chi connectivity index (χ4n) is 5.63. The highest BCUT2D eigenvalue weighted by atomic mass is 16.2. The number of benzene rings is 1. The highest BCUT2D eigenvalue weighted by Gasteiger charge is 2.58. The third-order valence-electron chi connectivity index (χ3n) is 7.48. The predicted molar refractivity (Wildman–Crippen MR) is 119 cm³/mol. The Morgan fingerprint density at radius 3 is 2.33 bits per heavy atom. The van der Waals surface area contributed by atoms with Gasteiger partial charge in [0.25, 0.3) is 5.91 Å². The van der Waals surface area contributed by atoms with Crippen LogP contribution in [0.3, 0.4) is 0 Å².